The number of halogens is 3. The molecule has 0 saturated carbocycles. The zero-order valence-corrected chi connectivity index (χ0v) is 13.4. The minimum absolute atomic E-state index is 0.0786. The second-order valence-electron chi connectivity index (χ2n) is 5.16. The first kappa shape index (κ1) is 18.2. The summed E-state index contributed by atoms with van der Waals surface area (Å²) in [7, 11) is 1.86. The number of carboxylic acids is 1. The number of alkyl halides is 3. The van der Waals surface area contributed by atoms with E-state index in [1.54, 1.807) is 22.4 Å². The Kier molecular flexibility index (Phi) is 5.13. The van der Waals surface area contributed by atoms with Gasteiger partial charge in [-0.15, -0.1) is 11.3 Å². The van der Waals surface area contributed by atoms with Crippen molar-refractivity contribution in [3.8, 4) is 0 Å². The van der Waals surface area contributed by atoms with Crippen molar-refractivity contribution in [1.82, 2.24) is 14.8 Å². The minimum atomic E-state index is -5.19. The van der Waals surface area contributed by atoms with E-state index in [1.165, 1.54) is 0 Å². The molecule has 2 amide bonds. The van der Waals surface area contributed by atoms with Crippen LogP contribution in [0.2, 0.25) is 0 Å². The summed E-state index contributed by atoms with van der Waals surface area (Å²) in [6.07, 6.45) is -1.21. The summed E-state index contributed by atoms with van der Waals surface area (Å²) >= 11 is 1.62. The molecule has 3 N–H and O–H groups in total. The van der Waals surface area contributed by atoms with Crippen LogP contribution >= 0.6 is 11.3 Å². The number of hydrogen-bond donors (Lipinski definition) is 1. The van der Waals surface area contributed by atoms with Crippen LogP contribution in [0.1, 0.15) is 5.01 Å². The minimum Gasteiger partial charge on any atom is -0.542 e. The summed E-state index contributed by atoms with van der Waals surface area (Å²) in [5.41, 5.74) is 5.13. The molecule has 24 heavy (non-hydrogen) atoms. The van der Waals surface area contributed by atoms with Crippen molar-refractivity contribution in [3.05, 3.63) is 22.7 Å². The Hall–Kier alpha value is -2.14. The van der Waals surface area contributed by atoms with E-state index in [2.05, 4.69) is 16.8 Å². The van der Waals surface area contributed by atoms with E-state index in [9.17, 15) is 18.0 Å². The quantitative estimate of drug-likeness (QED) is 0.741. The van der Waals surface area contributed by atoms with Gasteiger partial charge in [0, 0.05) is 30.7 Å². The van der Waals surface area contributed by atoms with Crippen molar-refractivity contribution in [2.45, 2.75) is 18.3 Å². The number of aliphatic carboxylic acids is 1. The molecule has 11 heteroatoms. The molecule has 2 atom stereocenters. The average molecular weight is 364 g/mol. The summed E-state index contributed by atoms with van der Waals surface area (Å²) in [6, 6.07) is 0.366. The number of carbonyl (C=O) groups excluding carboxylic acids is 2. The summed E-state index contributed by atoms with van der Waals surface area (Å²) in [4.78, 5) is 28.9. The van der Waals surface area contributed by atoms with Crippen LogP contribution < -0.4 is 10.8 Å². The van der Waals surface area contributed by atoms with Crippen LogP contribution in [0.3, 0.4) is 0 Å². The van der Waals surface area contributed by atoms with Crippen LogP contribution in [0.25, 0.3) is 5.57 Å². The van der Waals surface area contributed by atoms with Gasteiger partial charge in [0.05, 0.1) is 12.6 Å². The molecule has 0 spiro atoms. The van der Waals surface area contributed by atoms with Gasteiger partial charge in [0.1, 0.15) is 17.0 Å². The third-order valence-corrected chi connectivity index (χ3v) is 4.54. The fourth-order valence-electron chi connectivity index (χ4n) is 2.55. The van der Waals surface area contributed by atoms with Crippen molar-refractivity contribution in [2.75, 3.05) is 20.1 Å². The van der Waals surface area contributed by atoms with Crippen LogP contribution in [0.4, 0.5) is 18.0 Å². The summed E-state index contributed by atoms with van der Waals surface area (Å²) in [6.45, 7) is 1.47. The molecule has 0 aromatic carbocycles. The summed E-state index contributed by atoms with van der Waals surface area (Å²) in [5, 5.41) is 11.8. The zero-order valence-electron chi connectivity index (χ0n) is 12.6. The molecule has 1 aromatic heterocycles. The van der Waals surface area contributed by atoms with Gasteiger partial charge in [0.25, 0.3) is 0 Å². The lowest BCUT2D eigenvalue weighted by atomic mass is 9.99. The molecule has 1 saturated heterocycles. The second kappa shape index (κ2) is 6.77. The number of fused-ring (bicyclic) bond motifs is 2. The molecule has 7 nitrogen and oxygen atoms in total. The number of urea groups is 1. The predicted octanol–water partition coefficient (Wildman–Crippen LogP) is -0.815. The van der Waals surface area contributed by atoms with Crippen LogP contribution in [0, 0.1) is 0 Å². The maximum atomic E-state index is 12.0. The molecule has 2 aliphatic rings. The van der Waals surface area contributed by atoms with Crippen molar-refractivity contribution in [3.63, 3.8) is 0 Å². The van der Waals surface area contributed by atoms with E-state index in [4.69, 9.17) is 9.90 Å². The molecule has 0 aliphatic carbocycles. The number of amides is 2. The Morgan fingerprint density at radius 2 is 2.17 bits per heavy atom. The van der Waals surface area contributed by atoms with E-state index >= 15 is 0 Å². The number of carbonyl (C=O) groups is 2. The molecular formula is C13H15F3N4O3S. The fraction of sp³-hybridized carbons (Fsp3) is 0.462. The Balaban J connectivity index is 0.000000256. The lowest BCUT2D eigenvalue weighted by molar-refractivity contribution is -0.373. The number of aromatic nitrogens is 1. The Morgan fingerprint density at radius 1 is 1.54 bits per heavy atom. The highest BCUT2D eigenvalue weighted by molar-refractivity contribution is 7.10. The van der Waals surface area contributed by atoms with E-state index < -0.39 is 12.1 Å². The molecule has 0 radical (unpaired) electrons. The molecular weight excluding hydrogens is 349 g/mol. The highest BCUT2D eigenvalue weighted by atomic mass is 32.1. The standard InChI is InChI=1S/C11H14N4OS.C2HF3O2/c1-14-7-4-8(10-13-2-3-17-10)9(5-12)15(6-7)11(14)16;3-2(4,5)1(6)7/h2-4,7,9H,5-6,12H2,1H3;(H,6,7)/t7-,9-;/m1./s1. The highest BCUT2D eigenvalue weighted by Gasteiger charge is 2.44. The zero-order chi connectivity index (χ0) is 18.1. The lowest BCUT2D eigenvalue weighted by Crippen LogP contribution is -2.61. The molecule has 1 aromatic rings. The Labute approximate surface area is 139 Å². The fourth-order valence-corrected chi connectivity index (χ4v) is 3.26. The third kappa shape index (κ3) is 3.51. The van der Waals surface area contributed by atoms with Crippen LogP contribution in [0.15, 0.2) is 17.7 Å². The van der Waals surface area contributed by atoms with E-state index in [1.807, 2.05) is 17.3 Å². The first-order chi connectivity index (χ1) is 11.2. The smallest absolute Gasteiger partial charge is 0.430 e. The van der Waals surface area contributed by atoms with Gasteiger partial charge in [-0.05, 0) is 0 Å². The van der Waals surface area contributed by atoms with Crippen LogP contribution in [-0.2, 0) is 4.79 Å². The average Bonchev–Trinajstić information content (AvgIpc) is 3.12. The Bertz CT molecular complexity index is 647. The molecule has 2 bridgehead atoms. The lowest BCUT2D eigenvalue weighted by Gasteiger charge is -2.28. The topological polar surface area (TPSA) is 104 Å². The van der Waals surface area contributed by atoms with Gasteiger partial charge >= 0.3 is 12.2 Å². The van der Waals surface area contributed by atoms with Crippen molar-refractivity contribution < 1.29 is 33.6 Å². The van der Waals surface area contributed by atoms with E-state index in [0.29, 0.717) is 6.54 Å². The molecule has 3 heterocycles. The van der Waals surface area contributed by atoms with Gasteiger partial charge in [-0.1, -0.05) is 6.08 Å². The SMILES string of the molecule is CN1C(=O)N2C[C@H]1C=C(c1nccs1)[C@H]2C[NH3+].O=C([O-])C(F)(F)F. The van der Waals surface area contributed by atoms with Gasteiger partial charge < -0.3 is 25.4 Å². The van der Waals surface area contributed by atoms with E-state index in [-0.39, 0.29) is 18.1 Å². The van der Waals surface area contributed by atoms with Gasteiger partial charge in [-0.2, -0.15) is 13.2 Å². The number of carboxylic acid groups (broad SMARTS) is 1. The number of rotatable bonds is 2. The molecule has 132 valence electrons. The molecule has 3 rings (SSSR count). The maximum absolute atomic E-state index is 12.0. The normalized spacial score (nSPS) is 22.9. The summed E-state index contributed by atoms with van der Waals surface area (Å²) in [5.74, 6) is -3.01. The number of thiazole rings is 1. The number of quaternary nitrogens is 1. The van der Waals surface area contributed by atoms with Gasteiger partial charge in [0.15, 0.2) is 0 Å². The van der Waals surface area contributed by atoms with Crippen LogP contribution in [-0.4, -0.2) is 65.2 Å². The van der Waals surface area contributed by atoms with Crippen molar-refractivity contribution >= 4 is 28.9 Å². The third-order valence-electron chi connectivity index (χ3n) is 3.72. The number of hydrogen-bond acceptors (Lipinski definition) is 5. The highest BCUT2D eigenvalue weighted by Crippen LogP contribution is 2.33. The number of likely N-dealkylation sites (N-methyl/N-ethyl adjacent to an activating group) is 1. The van der Waals surface area contributed by atoms with Crippen molar-refractivity contribution in [1.29, 1.82) is 0 Å². The van der Waals surface area contributed by atoms with Gasteiger partial charge in [0.2, 0.25) is 0 Å². The second-order valence-corrected chi connectivity index (χ2v) is 6.06. The monoisotopic (exact) mass is 364 g/mol. The van der Waals surface area contributed by atoms with Crippen molar-refractivity contribution in [2.24, 2.45) is 0 Å². The van der Waals surface area contributed by atoms with E-state index in [0.717, 1.165) is 17.1 Å². The Morgan fingerprint density at radius 3 is 2.62 bits per heavy atom. The van der Waals surface area contributed by atoms with Gasteiger partial charge in [-0.3, -0.25) is 0 Å². The number of nitrogens with zero attached hydrogens (tertiary/aromatic N) is 3. The predicted molar refractivity (Wildman–Crippen MR) is 76.3 cm³/mol. The molecule has 2 aliphatic heterocycles. The first-order valence-corrected chi connectivity index (χ1v) is 7.77. The first-order valence-electron chi connectivity index (χ1n) is 6.89. The molecule has 0 unspecified atom stereocenters. The largest absolute Gasteiger partial charge is 0.542 e. The maximum Gasteiger partial charge on any atom is 0.430 e. The van der Waals surface area contributed by atoms with Gasteiger partial charge in [-0.25, -0.2) is 9.78 Å². The van der Waals surface area contributed by atoms with Crippen LogP contribution in [0.5, 0.6) is 0 Å². The summed E-state index contributed by atoms with van der Waals surface area (Å²) < 4.78 is 31.5. The molecule has 1 fully saturated rings.